The molecule has 7 nitrogen and oxygen atoms in total. The number of carbonyl (C=O) groups excluding carboxylic acids is 2. The van der Waals surface area contributed by atoms with Crippen molar-refractivity contribution in [1.82, 2.24) is 10.3 Å². The number of esters is 1. The summed E-state index contributed by atoms with van der Waals surface area (Å²) in [7, 11) is 0. The van der Waals surface area contributed by atoms with E-state index in [1.54, 1.807) is 31.0 Å². The van der Waals surface area contributed by atoms with Crippen molar-refractivity contribution in [3.05, 3.63) is 18.3 Å². The number of likely N-dealkylation sites (N-methyl/N-ethyl adjacent to an activating group) is 1. The number of fused-ring (bicyclic) bond motifs is 1. The van der Waals surface area contributed by atoms with Crippen LogP contribution in [-0.2, 0) is 9.53 Å². The molecular weight excluding hydrogens is 284 g/mol. The fraction of sp³-hybridized carbons (Fsp3) is 0.533. The van der Waals surface area contributed by atoms with E-state index in [-0.39, 0.29) is 6.03 Å². The zero-order valence-corrected chi connectivity index (χ0v) is 13.2. The van der Waals surface area contributed by atoms with Gasteiger partial charge >= 0.3 is 12.0 Å². The molecule has 0 aromatic carbocycles. The molecule has 1 N–H and O–H groups in total. The maximum atomic E-state index is 12.4. The van der Waals surface area contributed by atoms with E-state index in [2.05, 4.69) is 22.1 Å². The lowest BCUT2D eigenvalue weighted by Gasteiger charge is -2.36. The maximum Gasteiger partial charge on any atom is 0.328 e. The van der Waals surface area contributed by atoms with E-state index >= 15 is 0 Å². The molecule has 0 spiro atoms. The number of nitrogens with zero attached hydrogens (tertiary/aromatic N) is 3. The summed E-state index contributed by atoms with van der Waals surface area (Å²) in [4.78, 5) is 32.2. The van der Waals surface area contributed by atoms with Crippen molar-refractivity contribution in [3.63, 3.8) is 0 Å². The van der Waals surface area contributed by atoms with E-state index in [1.807, 2.05) is 6.07 Å². The number of aromatic nitrogens is 1. The van der Waals surface area contributed by atoms with E-state index < -0.39 is 12.0 Å². The summed E-state index contributed by atoms with van der Waals surface area (Å²) < 4.78 is 4.90. The van der Waals surface area contributed by atoms with Crippen molar-refractivity contribution < 1.29 is 14.3 Å². The molecule has 0 fully saturated rings. The number of hydrogen-bond donors (Lipinski definition) is 1. The molecule has 2 rings (SSSR count). The van der Waals surface area contributed by atoms with Crippen LogP contribution in [0.15, 0.2) is 18.3 Å². The summed E-state index contributed by atoms with van der Waals surface area (Å²) in [5.74, 6) is 0.352. The molecule has 0 saturated heterocycles. The summed E-state index contributed by atoms with van der Waals surface area (Å²) in [5, 5.41) is 2.67. The van der Waals surface area contributed by atoms with Gasteiger partial charge in [-0.3, -0.25) is 4.90 Å². The molecule has 1 aliphatic rings. The van der Waals surface area contributed by atoms with Gasteiger partial charge in [0.2, 0.25) is 0 Å². The molecule has 2 amide bonds. The average molecular weight is 306 g/mol. The summed E-state index contributed by atoms with van der Waals surface area (Å²) >= 11 is 0. The van der Waals surface area contributed by atoms with E-state index in [4.69, 9.17) is 4.74 Å². The van der Waals surface area contributed by atoms with Gasteiger partial charge < -0.3 is 15.0 Å². The monoisotopic (exact) mass is 306 g/mol. The Kier molecular flexibility index (Phi) is 5.19. The number of carbonyl (C=O) groups is 2. The Bertz CT molecular complexity index is 549. The van der Waals surface area contributed by atoms with Gasteiger partial charge in [-0.1, -0.05) is 0 Å². The number of nitrogens with one attached hydrogen (secondary N) is 1. The SMILES string of the molecule is CCOC(=O)C(C)NC(=O)N1CCN(CC)c2ncccc21. The lowest BCUT2D eigenvalue weighted by molar-refractivity contribution is -0.144. The zero-order chi connectivity index (χ0) is 16.1. The van der Waals surface area contributed by atoms with Crippen molar-refractivity contribution >= 4 is 23.5 Å². The average Bonchev–Trinajstić information content (AvgIpc) is 2.53. The summed E-state index contributed by atoms with van der Waals surface area (Å²) in [5.41, 5.74) is 0.754. The molecule has 7 heteroatoms. The Balaban J connectivity index is 2.12. The van der Waals surface area contributed by atoms with Gasteiger partial charge in [0.1, 0.15) is 6.04 Å². The molecule has 0 aliphatic carbocycles. The molecule has 0 radical (unpaired) electrons. The van der Waals surface area contributed by atoms with E-state index in [1.165, 1.54) is 0 Å². The van der Waals surface area contributed by atoms with Gasteiger partial charge in [-0.15, -0.1) is 0 Å². The lowest BCUT2D eigenvalue weighted by Crippen LogP contribution is -2.52. The third-order valence-electron chi connectivity index (χ3n) is 3.56. The molecule has 1 aliphatic heterocycles. The molecule has 2 heterocycles. The van der Waals surface area contributed by atoms with Crippen molar-refractivity contribution in [2.45, 2.75) is 26.8 Å². The predicted octanol–water partition coefficient (Wildman–Crippen LogP) is 1.39. The van der Waals surface area contributed by atoms with Crippen molar-refractivity contribution in [3.8, 4) is 0 Å². The first kappa shape index (κ1) is 16.1. The quantitative estimate of drug-likeness (QED) is 0.851. The van der Waals surface area contributed by atoms with Crippen LogP contribution < -0.4 is 15.1 Å². The third-order valence-corrected chi connectivity index (χ3v) is 3.56. The van der Waals surface area contributed by atoms with Crippen molar-refractivity contribution in [1.29, 1.82) is 0 Å². The second-order valence-corrected chi connectivity index (χ2v) is 5.00. The molecule has 1 atom stereocenters. The fourth-order valence-corrected chi connectivity index (χ4v) is 2.40. The minimum atomic E-state index is -0.684. The first-order valence-electron chi connectivity index (χ1n) is 7.53. The molecule has 120 valence electrons. The highest BCUT2D eigenvalue weighted by atomic mass is 16.5. The minimum absolute atomic E-state index is 0.293. The Morgan fingerprint density at radius 3 is 2.86 bits per heavy atom. The first-order chi connectivity index (χ1) is 10.6. The maximum absolute atomic E-state index is 12.4. The van der Waals surface area contributed by atoms with Gasteiger partial charge in [0.15, 0.2) is 5.82 Å². The second-order valence-electron chi connectivity index (χ2n) is 5.00. The number of amides is 2. The largest absolute Gasteiger partial charge is 0.464 e. The van der Waals surface area contributed by atoms with Crippen LogP contribution in [0.2, 0.25) is 0 Å². The van der Waals surface area contributed by atoms with Crippen LogP contribution >= 0.6 is 0 Å². The van der Waals surface area contributed by atoms with Crippen LogP contribution in [0.1, 0.15) is 20.8 Å². The molecule has 1 unspecified atom stereocenters. The standard InChI is InChI=1S/C15H22N4O3/c1-4-18-9-10-19(12-7-6-8-16-13(12)18)15(21)17-11(3)14(20)22-5-2/h6-8,11H,4-5,9-10H2,1-3H3,(H,17,21). The number of hydrogen-bond acceptors (Lipinski definition) is 5. The van der Waals surface area contributed by atoms with E-state index in [9.17, 15) is 9.59 Å². The van der Waals surface area contributed by atoms with Crippen molar-refractivity contribution in [2.75, 3.05) is 36.0 Å². The number of anilines is 2. The van der Waals surface area contributed by atoms with Crippen LogP contribution in [0.3, 0.4) is 0 Å². The second kappa shape index (κ2) is 7.11. The summed E-state index contributed by atoms with van der Waals surface area (Å²) in [6.07, 6.45) is 1.71. The molecule has 0 bridgehead atoms. The van der Waals surface area contributed by atoms with Crippen LogP contribution in [-0.4, -0.2) is 49.3 Å². The smallest absolute Gasteiger partial charge is 0.328 e. The highest BCUT2D eigenvalue weighted by Gasteiger charge is 2.28. The number of ether oxygens (including phenoxy) is 1. The Morgan fingerprint density at radius 2 is 2.18 bits per heavy atom. The molecule has 1 aromatic rings. The van der Waals surface area contributed by atoms with Gasteiger partial charge in [0, 0.05) is 25.8 Å². The van der Waals surface area contributed by atoms with E-state index in [0.29, 0.717) is 19.7 Å². The summed E-state index contributed by atoms with van der Waals surface area (Å²) in [6, 6.07) is 2.66. The Morgan fingerprint density at radius 1 is 1.41 bits per heavy atom. The van der Waals surface area contributed by atoms with Crippen LogP contribution in [0.25, 0.3) is 0 Å². The van der Waals surface area contributed by atoms with Gasteiger partial charge in [0.25, 0.3) is 0 Å². The topological polar surface area (TPSA) is 74.8 Å². The molecule has 0 saturated carbocycles. The highest BCUT2D eigenvalue weighted by Crippen LogP contribution is 2.30. The van der Waals surface area contributed by atoms with Crippen molar-refractivity contribution in [2.24, 2.45) is 0 Å². The van der Waals surface area contributed by atoms with E-state index in [0.717, 1.165) is 18.1 Å². The highest BCUT2D eigenvalue weighted by molar-refractivity contribution is 5.97. The van der Waals surface area contributed by atoms with Gasteiger partial charge in [-0.2, -0.15) is 0 Å². The minimum Gasteiger partial charge on any atom is -0.464 e. The van der Waals surface area contributed by atoms with Crippen LogP contribution in [0, 0.1) is 0 Å². The van der Waals surface area contributed by atoms with Gasteiger partial charge in [-0.25, -0.2) is 14.6 Å². The van der Waals surface area contributed by atoms with Crippen LogP contribution in [0.4, 0.5) is 16.3 Å². The molecule has 22 heavy (non-hydrogen) atoms. The Labute approximate surface area is 130 Å². The predicted molar refractivity (Wildman–Crippen MR) is 84.1 cm³/mol. The molecular formula is C15H22N4O3. The fourth-order valence-electron chi connectivity index (χ4n) is 2.40. The summed E-state index contributed by atoms with van der Waals surface area (Å²) in [6.45, 7) is 7.78. The zero-order valence-electron chi connectivity index (χ0n) is 13.2. The molecule has 1 aromatic heterocycles. The van der Waals surface area contributed by atoms with Gasteiger partial charge in [0.05, 0.1) is 12.3 Å². The third kappa shape index (κ3) is 3.29. The first-order valence-corrected chi connectivity index (χ1v) is 7.53. The van der Waals surface area contributed by atoms with Crippen LogP contribution in [0.5, 0.6) is 0 Å². The van der Waals surface area contributed by atoms with Gasteiger partial charge in [-0.05, 0) is 32.9 Å². The lowest BCUT2D eigenvalue weighted by atomic mass is 10.2. The number of rotatable bonds is 4. The number of urea groups is 1. The normalized spacial score (nSPS) is 15.0. The number of pyridine rings is 1. The Hall–Kier alpha value is -2.31.